The largest absolute Gasteiger partial charge is 0.370 e. The molecule has 0 fully saturated rings. The number of pyridine rings is 1. The molecule has 0 saturated heterocycles. The van der Waals surface area contributed by atoms with Crippen molar-refractivity contribution < 1.29 is 4.79 Å². The van der Waals surface area contributed by atoms with Crippen molar-refractivity contribution >= 4 is 28.2 Å². The van der Waals surface area contributed by atoms with Crippen LogP contribution >= 0.6 is 11.3 Å². The highest BCUT2D eigenvalue weighted by molar-refractivity contribution is 7.14. The fourth-order valence-electron chi connectivity index (χ4n) is 1.68. The predicted octanol–water partition coefficient (Wildman–Crippen LogP) is 3.52. The third-order valence-corrected chi connectivity index (χ3v) is 3.59. The van der Waals surface area contributed by atoms with E-state index in [-0.39, 0.29) is 11.3 Å². The third-order valence-electron chi connectivity index (χ3n) is 2.83. The Bertz CT molecular complexity index is 631. The first kappa shape index (κ1) is 15.4. The molecule has 0 aliphatic rings. The van der Waals surface area contributed by atoms with Crippen LogP contribution in [-0.4, -0.2) is 22.4 Å². The van der Waals surface area contributed by atoms with Gasteiger partial charge in [0.15, 0.2) is 5.13 Å². The number of rotatable bonds is 4. The van der Waals surface area contributed by atoms with Crippen LogP contribution in [0.5, 0.6) is 0 Å². The summed E-state index contributed by atoms with van der Waals surface area (Å²) in [5.74, 6) is 0.448. The molecule has 0 bridgehead atoms. The van der Waals surface area contributed by atoms with Crippen LogP contribution in [0.1, 0.15) is 43.9 Å². The van der Waals surface area contributed by atoms with Gasteiger partial charge in [0.2, 0.25) is 0 Å². The lowest BCUT2D eigenvalue weighted by Gasteiger charge is -2.14. The third kappa shape index (κ3) is 4.01. The average Bonchev–Trinajstić information content (AvgIpc) is 2.88. The van der Waals surface area contributed by atoms with E-state index in [9.17, 15) is 4.79 Å². The molecule has 1 amide bonds. The Morgan fingerprint density at radius 1 is 1.29 bits per heavy atom. The maximum atomic E-state index is 12.2. The number of hydrogen-bond donors (Lipinski definition) is 2. The van der Waals surface area contributed by atoms with Gasteiger partial charge < -0.3 is 5.32 Å². The van der Waals surface area contributed by atoms with Crippen molar-refractivity contribution in [2.45, 2.75) is 33.1 Å². The Morgan fingerprint density at radius 3 is 2.67 bits per heavy atom. The van der Waals surface area contributed by atoms with Gasteiger partial charge in [-0.2, -0.15) is 0 Å². The fraction of sp³-hybridized carbons (Fsp3) is 0.400. The highest BCUT2D eigenvalue weighted by atomic mass is 32.1. The van der Waals surface area contributed by atoms with Crippen molar-refractivity contribution in [3.63, 3.8) is 0 Å². The van der Waals surface area contributed by atoms with Gasteiger partial charge in [0.05, 0.1) is 5.69 Å². The van der Waals surface area contributed by atoms with E-state index in [0.717, 1.165) is 12.2 Å². The second-order valence-electron chi connectivity index (χ2n) is 5.68. The monoisotopic (exact) mass is 304 g/mol. The van der Waals surface area contributed by atoms with E-state index in [4.69, 9.17) is 0 Å². The Balaban J connectivity index is 2.11. The van der Waals surface area contributed by atoms with Gasteiger partial charge in [-0.3, -0.25) is 10.1 Å². The number of nitrogens with zero attached hydrogens (tertiary/aromatic N) is 2. The molecule has 2 aromatic rings. The number of aromatic nitrogens is 2. The fourth-order valence-corrected chi connectivity index (χ4v) is 2.61. The standard InChI is InChI=1S/C15H20N4OS/c1-5-16-12-8-6-7-10(17-12)13(20)19-14-18-11(9-21-14)15(2,3)4/h6-9H,5H2,1-4H3,(H,16,17)(H,18,19,20). The molecule has 0 aliphatic heterocycles. The van der Waals surface area contributed by atoms with Crippen molar-refractivity contribution in [2.75, 3.05) is 17.2 Å². The Hall–Kier alpha value is -1.95. The molecule has 0 unspecified atom stereocenters. The van der Waals surface area contributed by atoms with E-state index in [1.807, 2.05) is 24.4 Å². The van der Waals surface area contributed by atoms with E-state index < -0.39 is 0 Å². The molecule has 0 aromatic carbocycles. The summed E-state index contributed by atoms with van der Waals surface area (Å²) in [4.78, 5) is 20.9. The Morgan fingerprint density at radius 2 is 2.05 bits per heavy atom. The lowest BCUT2D eigenvalue weighted by Crippen LogP contribution is -2.15. The summed E-state index contributed by atoms with van der Waals surface area (Å²) in [5.41, 5.74) is 1.32. The van der Waals surface area contributed by atoms with Crippen molar-refractivity contribution in [1.29, 1.82) is 0 Å². The van der Waals surface area contributed by atoms with E-state index in [0.29, 0.717) is 16.6 Å². The molecule has 5 nitrogen and oxygen atoms in total. The van der Waals surface area contributed by atoms with Gasteiger partial charge in [0, 0.05) is 17.3 Å². The second-order valence-corrected chi connectivity index (χ2v) is 6.54. The summed E-state index contributed by atoms with van der Waals surface area (Å²) in [6.07, 6.45) is 0. The molecule has 0 radical (unpaired) electrons. The molecule has 0 aliphatic carbocycles. The van der Waals surface area contributed by atoms with Crippen LogP contribution < -0.4 is 10.6 Å². The first-order chi connectivity index (χ1) is 9.90. The van der Waals surface area contributed by atoms with E-state index in [2.05, 4.69) is 41.4 Å². The van der Waals surface area contributed by atoms with E-state index in [1.165, 1.54) is 11.3 Å². The molecule has 2 heterocycles. The zero-order valence-corrected chi connectivity index (χ0v) is 13.5. The molecule has 2 N–H and O–H groups in total. The molecule has 0 saturated carbocycles. The summed E-state index contributed by atoms with van der Waals surface area (Å²) in [7, 11) is 0. The summed E-state index contributed by atoms with van der Waals surface area (Å²) < 4.78 is 0. The van der Waals surface area contributed by atoms with Crippen LogP contribution in [0.2, 0.25) is 0 Å². The molecular formula is C15H20N4OS. The minimum absolute atomic E-state index is 0.0251. The maximum absolute atomic E-state index is 12.2. The predicted molar refractivity (Wildman–Crippen MR) is 87.2 cm³/mol. The first-order valence-electron chi connectivity index (χ1n) is 6.88. The van der Waals surface area contributed by atoms with Crippen molar-refractivity contribution in [3.05, 3.63) is 35.0 Å². The van der Waals surface area contributed by atoms with Crippen LogP contribution in [0, 0.1) is 0 Å². The molecule has 0 spiro atoms. The van der Waals surface area contributed by atoms with E-state index >= 15 is 0 Å². The van der Waals surface area contributed by atoms with Crippen LogP contribution in [0.25, 0.3) is 0 Å². The van der Waals surface area contributed by atoms with Crippen molar-refractivity contribution in [2.24, 2.45) is 0 Å². The van der Waals surface area contributed by atoms with Gasteiger partial charge in [0.1, 0.15) is 11.5 Å². The summed E-state index contributed by atoms with van der Waals surface area (Å²) in [6, 6.07) is 5.33. The zero-order chi connectivity index (χ0) is 15.5. The number of carbonyl (C=O) groups is 1. The number of thiazole rings is 1. The van der Waals surface area contributed by atoms with Gasteiger partial charge in [0.25, 0.3) is 5.91 Å². The average molecular weight is 304 g/mol. The first-order valence-corrected chi connectivity index (χ1v) is 7.76. The summed E-state index contributed by atoms with van der Waals surface area (Å²) >= 11 is 1.43. The smallest absolute Gasteiger partial charge is 0.276 e. The SMILES string of the molecule is CCNc1cccc(C(=O)Nc2nc(C(C)(C)C)cs2)n1. The number of carbonyl (C=O) groups excluding carboxylic acids is 1. The van der Waals surface area contributed by atoms with Gasteiger partial charge >= 0.3 is 0 Å². The van der Waals surface area contributed by atoms with Crippen LogP contribution in [-0.2, 0) is 5.41 Å². The molecule has 2 rings (SSSR count). The zero-order valence-electron chi connectivity index (χ0n) is 12.7. The van der Waals surface area contributed by atoms with Crippen LogP contribution in [0.4, 0.5) is 10.9 Å². The van der Waals surface area contributed by atoms with Crippen molar-refractivity contribution in [3.8, 4) is 0 Å². The number of nitrogens with one attached hydrogen (secondary N) is 2. The minimum atomic E-state index is -0.246. The normalized spacial score (nSPS) is 11.2. The van der Waals surface area contributed by atoms with Gasteiger partial charge in [-0.1, -0.05) is 26.8 Å². The van der Waals surface area contributed by atoms with Gasteiger partial charge in [-0.15, -0.1) is 11.3 Å². The van der Waals surface area contributed by atoms with Gasteiger partial charge in [-0.25, -0.2) is 9.97 Å². The molecule has 21 heavy (non-hydrogen) atoms. The molecule has 0 atom stereocenters. The number of hydrogen-bond acceptors (Lipinski definition) is 5. The number of amides is 1. The van der Waals surface area contributed by atoms with Crippen LogP contribution in [0.3, 0.4) is 0 Å². The van der Waals surface area contributed by atoms with Crippen molar-refractivity contribution in [1.82, 2.24) is 9.97 Å². The minimum Gasteiger partial charge on any atom is -0.370 e. The Labute approximate surface area is 128 Å². The Kier molecular flexibility index (Phi) is 4.57. The highest BCUT2D eigenvalue weighted by Gasteiger charge is 2.18. The maximum Gasteiger partial charge on any atom is 0.276 e. The summed E-state index contributed by atoms with van der Waals surface area (Å²) in [6.45, 7) is 9.02. The lowest BCUT2D eigenvalue weighted by atomic mass is 9.93. The highest BCUT2D eigenvalue weighted by Crippen LogP contribution is 2.26. The van der Waals surface area contributed by atoms with E-state index in [1.54, 1.807) is 6.07 Å². The number of anilines is 2. The molecule has 112 valence electrons. The van der Waals surface area contributed by atoms with Crippen LogP contribution in [0.15, 0.2) is 23.6 Å². The summed E-state index contributed by atoms with van der Waals surface area (Å²) in [5, 5.41) is 8.45. The second kappa shape index (κ2) is 6.22. The molecule has 2 aromatic heterocycles. The topological polar surface area (TPSA) is 66.9 Å². The van der Waals surface area contributed by atoms with Gasteiger partial charge in [-0.05, 0) is 19.1 Å². The quantitative estimate of drug-likeness (QED) is 0.907. The lowest BCUT2D eigenvalue weighted by molar-refractivity contribution is 0.102. The molecule has 6 heteroatoms. The molecular weight excluding hydrogens is 284 g/mol.